The maximum atomic E-state index is 12.6. The number of carbonyl (C=O) groups is 2. The number of rotatable bonds is 4. The number of nitrogens with zero attached hydrogens (tertiary/aromatic N) is 2. The van der Waals surface area contributed by atoms with E-state index in [0.29, 0.717) is 13.1 Å². The van der Waals surface area contributed by atoms with Gasteiger partial charge in [0.15, 0.2) is 0 Å². The number of piperazine rings is 1. The van der Waals surface area contributed by atoms with E-state index in [4.69, 9.17) is 0 Å². The van der Waals surface area contributed by atoms with Gasteiger partial charge in [-0.2, -0.15) is 0 Å². The highest BCUT2D eigenvalue weighted by molar-refractivity contribution is 5.89. The molecule has 1 atom stereocenters. The minimum atomic E-state index is -0.379. The van der Waals surface area contributed by atoms with Gasteiger partial charge in [0.2, 0.25) is 11.8 Å². The molecule has 0 saturated carbocycles. The Kier molecular flexibility index (Phi) is 4.89. The van der Waals surface area contributed by atoms with Gasteiger partial charge in [0.1, 0.15) is 0 Å². The molecule has 136 valence electrons. The quantitative estimate of drug-likeness (QED) is 0.918. The molecule has 2 heterocycles. The normalized spacial score (nSPS) is 21.2. The van der Waals surface area contributed by atoms with Crippen molar-refractivity contribution in [3.8, 4) is 0 Å². The van der Waals surface area contributed by atoms with E-state index in [0.717, 1.165) is 32.5 Å². The first-order chi connectivity index (χ1) is 12.7. The van der Waals surface area contributed by atoms with E-state index in [2.05, 4.69) is 40.5 Å². The molecule has 2 amide bonds. The molecular weight excluding hydrogens is 326 g/mol. The smallest absolute Gasteiger partial charge is 0.237 e. The van der Waals surface area contributed by atoms with Crippen molar-refractivity contribution in [1.82, 2.24) is 15.1 Å². The monoisotopic (exact) mass is 351 g/mol. The second-order valence-corrected chi connectivity index (χ2v) is 7.21. The van der Waals surface area contributed by atoms with Crippen LogP contribution in [0.1, 0.15) is 24.8 Å². The molecule has 2 saturated heterocycles. The van der Waals surface area contributed by atoms with E-state index in [-0.39, 0.29) is 24.3 Å². The summed E-state index contributed by atoms with van der Waals surface area (Å²) < 4.78 is 0. The van der Waals surface area contributed by atoms with E-state index in [9.17, 15) is 9.59 Å². The van der Waals surface area contributed by atoms with E-state index in [1.54, 1.807) is 0 Å². The summed E-state index contributed by atoms with van der Waals surface area (Å²) >= 11 is 0. The molecule has 2 aliphatic rings. The molecule has 5 heteroatoms. The fourth-order valence-corrected chi connectivity index (χ4v) is 4.08. The molecule has 4 rings (SSSR count). The van der Waals surface area contributed by atoms with Crippen molar-refractivity contribution in [3.63, 3.8) is 0 Å². The number of likely N-dealkylation sites (tertiary alicyclic amines) is 1. The maximum absolute atomic E-state index is 12.6. The fourth-order valence-electron chi connectivity index (χ4n) is 4.08. The molecular formula is C21H25N3O2. The number of hydrogen-bond donors (Lipinski definition) is 1. The lowest BCUT2D eigenvalue weighted by molar-refractivity contribution is -0.138. The zero-order valence-corrected chi connectivity index (χ0v) is 15.0. The van der Waals surface area contributed by atoms with Crippen molar-refractivity contribution in [3.05, 3.63) is 48.0 Å². The van der Waals surface area contributed by atoms with Crippen LogP contribution in [0, 0.1) is 0 Å². The van der Waals surface area contributed by atoms with Gasteiger partial charge in [0, 0.05) is 32.7 Å². The first kappa shape index (κ1) is 17.0. The Hall–Kier alpha value is -2.40. The Morgan fingerprint density at radius 2 is 1.81 bits per heavy atom. The summed E-state index contributed by atoms with van der Waals surface area (Å²) in [4.78, 5) is 29.1. The van der Waals surface area contributed by atoms with Gasteiger partial charge in [0.25, 0.3) is 0 Å². The van der Waals surface area contributed by atoms with Crippen molar-refractivity contribution in [1.29, 1.82) is 0 Å². The summed E-state index contributed by atoms with van der Waals surface area (Å²) in [6.07, 6.45) is 2.42. The van der Waals surface area contributed by atoms with Gasteiger partial charge in [-0.1, -0.05) is 42.5 Å². The average Bonchev–Trinajstić information content (AvgIpc) is 3.20. The summed E-state index contributed by atoms with van der Waals surface area (Å²) in [6, 6.07) is 14.2. The lowest BCUT2D eigenvalue weighted by Crippen LogP contribution is -2.56. The zero-order valence-electron chi connectivity index (χ0n) is 15.0. The van der Waals surface area contributed by atoms with Crippen LogP contribution in [0.4, 0.5) is 0 Å². The van der Waals surface area contributed by atoms with Crippen molar-refractivity contribution < 1.29 is 9.59 Å². The first-order valence-corrected chi connectivity index (χ1v) is 9.48. The predicted molar refractivity (Wildman–Crippen MR) is 102 cm³/mol. The second kappa shape index (κ2) is 7.46. The molecule has 0 aliphatic carbocycles. The molecule has 1 N–H and O–H groups in total. The largest absolute Gasteiger partial charge is 0.353 e. The summed E-state index contributed by atoms with van der Waals surface area (Å²) in [5.41, 5.74) is 1.21. The third kappa shape index (κ3) is 3.44. The number of hydrogen-bond acceptors (Lipinski definition) is 3. The van der Waals surface area contributed by atoms with E-state index < -0.39 is 0 Å². The SMILES string of the molecule is O=C1NCCN(Cc2cccc3ccccc23)[C@H]1CC(=O)N1CCCC1. The zero-order chi connectivity index (χ0) is 17.9. The van der Waals surface area contributed by atoms with Crippen LogP contribution in [0.15, 0.2) is 42.5 Å². The molecule has 0 unspecified atom stereocenters. The van der Waals surface area contributed by atoms with Crippen molar-refractivity contribution >= 4 is 22.6 Å². The standard InChI is InChI=1S/C21H25N3O2/c25-20(23-11-3-4-12-23)14-19-21(26)22-10-13-24(19)15-17-8-5-7-16-6-1-2-9-18(16)17/h1-2,5-9,19H,3-4,10-15H2,(H,22,26)/t19-/m0/s1. The molecule has 2 aromatic rings. The number of amides is 2. The topological polar surface area (TPSA) is 52.7 Å². The van der Waals surface area contributed by atoms with Gasteiger partial charge in [-0.15, -0.1) is 0 Å². The highest BCUT2D eigenvalue weighted by Gasteiger charge is 2.33. The van der Waals surface area contributed by atoms with Gasteiger partial charge < -0.3 is 10.2 Å². The highest BCUT2D eigenvalue weighted by atomic mass is 16.2. The Bertz CT molecular complexity index is 809. The fraction of sp³-hybridized carbons (Fsp3) is 0.429. The van der Waals surface area contributed by atoms with Gasteiger partial charge in [-0.25, -0.2) is 0 Å². The van der Waals surface area contributed by atoms with Crippen LogP contribution in [0.25, 0.3) is 10.8 Å². The number of carbonyl (C=O) groups excluding carboxylic acids is 2. The third-order valence-electron chi connectivity index (χ3n) is 5.52. The van der Waals surface area contributed by atoms with E-state index >= 15 is 0 Å². The Morgan fingerprint density at radius 3 is 2.65 bits per heavy atom. The van der Waals surface area contributed by atoms with Gasteiger partial charge >= 0.3 is 0 Å². The minimum absolute atomic E-state index is 0.0240. The van der Waals surface area contributed by atoms with Crippen LogP contribution < -0.4 is 5.32 Å². The lowest BCUT2D eigenvalue weighted by Gasteiger charge is -2.35. The predicted octanol–water partition coefficient (Wildman–Crippen LogP) is 2.15. The van der Waals surface area contributed by atoms with Gasteiger partial charge in [0.05, 0.1) is 12.5 Å². The van der Waals surface area contributed by atoms with Gasteiger partial charge in [-0.05, 0) is 29.2 Å². The van der Waals surface area contributed by atoms with Crippen LogP contribution in [0.3, 0.4) is 0 Å². The van der Waals surface area contributed by atoms with Crippen LogP contribution in [0.2, 0.25) is 0 Å². The van der Waals surface area contributed by atoms with E-state index in [1.807, 2.05) is 17.0 Å². The lowest BCUT2D eigenvalue weighted by atomic mass is 10.0. The maximum Gasteiger partial charge on any atom is 0.237 e. The molecule has 0 spiro atoms. The Labute approximate surface area is 154 Å². The summed E-state index contributed by atoms with van der Waals surface area (Å²) in [6.45, 7) is 3.75. The van der Waals surface area contributed by atoms with Gasteiger partial charge in [-0.3, -0.25) is 14.5 Å². The molecule has 0 aromatic heterocycles. The second-order valence-electron chi connectivity index (χ2n) is 7.21. The molecule has 2 aliphatic heterocycles. The minimum Gasteiger partial charge on any atom is -0.353 e. The van der Waals surface area contributed by atoms with Crippen LogP contribution in [0.5, 0.6) is 0 Å². The molecule has 0 radical (unpaired) electrons. The number of fused-ring (bicyclic) bond motifs is 1. The molecule has 5 nitrogen and oxygen atoms in total. The summed E-state index contributed by atoms with van der Waals surface area (Å²) in [7, 11) is 0. The molecule has 0 bridgehead atoms. The van der Waals surface area contributed by atoms with Crippen LogP contribution >= 0.6 is 0 Å². The molecule has 26 heavy (non-hydrogen) atoms. The van der Waals surface area contributed by atoms with Crippen LogP contribution in [-0.4, -0.2) is 53.8 Å². The van der Waals surface area contributed by atoms with Crippen molar-refractivity contribution in [2.75, 3.05) is 26.2 Å². The molecule has 2 fully saturated rings. The van der Waals surface area contributed by atoms with Crippen molar-refractivity contribution in [2.45, 2.75) is 31.8 Å². The van der Waals surface area contributed by atoms with Crippen LogP contribution in [-0.2, 0) is 16.1 Å². The molecule has 2 aromatic carbocycles. The first-order valence-electron chi connectivity index (χ1n) is 9.48. The third-order valence-corrected chi connectivity index (χ3v) is 5.52. The average molecular weight is 351 g/mol. The van der Waals surface area contributed by atoms with Crippen molar-refractivity contribution in [2.24, 2.45) is 0 Å². The van der Waals surface area contributed by atoms with E-state index in [1.165, 1.54) is 16.3 Å². The Morgan fingerprint density at radius 1 is 1.04 bits per heavy atom. The summed E-state index contributed by atoms with van der Waals surface area (Å²) in [5.74, 6) is 0.0801. The number of benzene rings is 2. The highest BCUT2D eigenvalue weighted by Crippen LogP contribution is 2.23. The number of nitrogens with one attached hydrogen (secondary N) is 1. The Balaban J connectivity index is 1.54. The summed E-state index contributed by atoms with van der Waals surface area (Å²) in [5, 5.41) is 5.35.